The van der Waals surface area contributed by atoms with Crippen molar-refractivity contribution in [2.45, 2.75) is 24.9 Å². The number of rotatable bonds is 4. The fraction of sp³-hybridized carbons (Fsp3) is 0.300. The predicted molar refractivity (Wildman–Crippen MR) is 91.5 cm³/mol. The second kappa shape index (κ2) is 6.97. The average molecular weight is 323 g/mol. The van der Waals surface area contributed by atoms with Crippen molar-refractivity contribution in [2.24, 2.45) is 5.92 Å². The van der Waals surface area contributed by atoms with Crippen LogP contribution in [0, 0.1) is 5.92 Å². The number of nitrogens with one attached hydrogen (secondary N) is 1. The summed E-state index contributed by atoms with van der Waals surface area (Å²) in [4.78, 5) is 24.8. The number of ketones is 1. The van der Waals surface area contributed by atoms with Crippen LogP contribution in [0.15, 0.2) is 60.7 Å². The van der Waals surface area contributed by atoms with Crippen LogP contribution >= 0.6 is 0 Å². The molecule has 4 heteroatoms. The molecule has 2 aromatic rings. The number of hydrogen-bond acceptors (Lipinski definition) is 4. The number of carbonyl (C=O) groups excluding carboxylic acids is 2. The van der Waals surface area contributed by atoms with E-state index in [1.54, 1.807) is 6.92 Å². The molecule has 0 spiro atoms. The van der Waals surface area contributed by atoms with Crippen LogP contribution < -0.4 is 5.32 Å². The number of methoxy groups -OCH3 is 1. The first-order valence-electron chi connectivity index (χ1n) is 8.07. The van der Waals surface area contributed by atoms with Gasteiger partial charge in [0.2, 0.25) is 0 Å². The Kier molecular flexibility index (Phi) is 4.76. The summed E-state index contributed by atoms with van der Waals surface area (Å²) in [6.07, 6.45) is 0. The Hall–Kier alpha value is -2.46. The lowest BCUT2D eigenvalue weighted by atomic mass is 9.78. The Labute approximate surface area is 141 Å². The van der Waals surface area contributed by atoms with E-state index in [4.69, 9.17) is 4.74 Å². The second-order valence-corrected chi connectivity index (χ2v) is 6.13. The van der Waals surface area contributed by atoms with Crippen molar-refractivity contribution in [3.63, 3.8) is 0 Å². The lowest BCUT2D eigenvalue weighted by Crippen LogP contribution is -2.36. The molecule has 0 aromatic heterocycles. The zero-order valence-corrected chi connectivity index (χ0v) is 13.8. The van der Waals surface area contributed by atoms with Gasteiger partial charge >= 0.3 is 5.97 Å². The van der Waals surface area contributed by atoms with Gasteiger partial charge in [-0.15, -0.1) is 0 Å². The van der Waals surface area contributed by atoms with Gasteiger partial charge in [0.05, 0.1) is 7.11 Å². The molecule has 1 aliphatic heterocycles. The normalized spacial score (nSPS) is 26.1. The minimum Gasteiger partial charge on any atom is -0.468 e. The van der Waals surface area contributed by atoms with Crippen LogP contribution in [-0.4, -0.2) is 24.9 Å². The summed E-state index contributed by atoms with van der Waals surface area (Å²) in [5.74, 6) is -0.842. The van der Waals surface area contributed by atoms with Crippen molar-refractivity contribution >= 4 is 11.8 Å². The molecule has 24 heavy (non-hydrogen) atoms. The lowest BCUT2D eigenvalue weighted by Gasteiger charge is -2.23. The van der Waals surface area contributed by atoms with Crippen molar-refractivity contribution in [2.75, 3.05) is 7.11 Å². The third-order valence-electron chi connectivity index (χ3n) is 4.73. The van der Waals surface area contributed by atoms with Crippen molar-refractivity contribution in [3.8, 4) is 0 Å². The number of benzene rings is 2. The Morgan fingerprint density at radius 2 is 1.46 bits per heavy atom. The molecule has 4 nitrogen and oxygen atoms in total. The van der Waals surface area contributed by atoms with E-state index in [0.717, 1.165) is 11.1 Å². The molecule has 0 bridgehead atoms. The van der Waals surface area contributed by atoms with Crippen LogP contribution in [0.4, 0.5) is 0 Å². The summed E-state index contributed by atoms with van der Waals surface area (Å²) >= 11 is 0. The molecular weight excluding hydrogens is 302 g/mol. The van der Waals surface area contributed by atoms with E-state index in [2.05, 4.69) is 5.32 Å². The van der Waals surface area contributed by atoms with Crippen molar-refractivity contribution in [3.05, 3.63) is 71.8 Å². The minimum atomic E-state index is -0.545. The number of esters is 1. The number of hydrogen-bond donors (Lipinski definition) is 1. The fourth-order valence-corrected chi connectivity index (χ4v) is 3.68. The molecule has 4 atom stereocenters. The summed E-state index contributed by atoms with van der Waals surface area (Å²) in [6.45, 7) is 1.60. The lowest BCUT2D eigenvalue weighted by molar-refractivity contribution is -0.143. The second-order valence-electron chi connectivity index (χ2n) is 6.13. The van der Waals surface area contributed by atoms with Gasteiger partial charge < -0.3 is 4.74 Å². The minimum absolute atomic E-state index is 0.0663. The van der Waals surface area contributed by atoms with E-state index in [9.17, 15) is 9.59 Å². The molecule has 0 radical (unpaired) electrons. The maximum Gasteiger partial charge on any atom is 0.323 e. The highest BCUT2D eigenvalue weighted by atomic mass is 16.5. The maximum absolute atomic E-state index is 12.5. The van der Waals surface area contributed by atoms with E-state index in [-0.39, 0.29) is 29.6 Å². The Morgan fingerprint density at radius 1 is 0.917 bits per heavy atom. The molecule has 1 heterocycles. The van der Waals surface area contributed by atoms with Crippen LogP contribution in [0.2, 0.25) is 0 Å². The first-order chi connectivity index (χ1) is 11.6. The molecule has 1 aliphatic rings. The molecule has 0 saturated carbocycles. The largest absolute Gasteiger partial charge is 0.468 e. The topological polar surface area (TPSA) is 55.4 Å². The molecule has 1 fully saturated rings. The van der Waals surface area contributed by atoms with Gasteiger partial charge in [0, 0.05) is 17.9 Å². The van der Waals surface area contributed by atoms with Gasteiger partial charge in [-0.3, -0.25) is 14.9 Å². The average Bonchev–Trinajstić information content (AvgIpc) is 3.03. The standard InChI is InChI=1S/C20H21NO3/c1-13(22)16-17(14-9-5-3-6-10-14)19(20(23)24-2)21-18(16)15-11-7-4-8-12-15/h3-12,16-19,21H,1-2H3/t16-,17-,18+,19+/m1/s1. The summed E-state index contributed by atoms with van der Waals surface area (Å²) in [5, 5.41) is 3.34. The van der Waals surface area contributed by atoms with Gasteiger partial charge in [0.15, 0.2) is 0 Å². The van der Waals surface area contributed by atoms with Gasteiger partial charge in [-0.25, -0.2) is 0 Å². The quantitative estimate of drug-likeness (QED) is 0.879. The van der Waals surface area contributed by atoms with Crippen molar-refractivity contribution < 1.29 is 14.3 Å². The predicted octanol–water partition coefficient (Wildman–Crippen LogP) is 2.86. The van der Waals surface area contributed by atoms with Crippen LogP contribution in [0.25, 0.3) is 0 Å². The van der Waals surface area contributed by atoms with Crippen LogP contribution in [0.5, 0.6) is 0 Å². The molecular formula is C20H21NO3. The molecule has 0 aliphatic carbocycles. The first kappa shape index (κ1) is 16.4. The summed E-state index contributed by atoms with van der Waals surface area (Å²) in [6, 6.07) is 18.7. The van der Waals surface area contributed by atoms with Crippen molar-refractivity contribution in [1.82, 2.24) is 5.32 Å². The molecule has 0 unspecified atom stereocenters. The summed E-state index contributed by atoms with van der Waals surface area (Å²) < 4.78 is 4.99. The fourth-order valence-electron chi connectivity index (χ4n) is 3.68. The maximum atomic E-state index is 12.5. The molecule has 1 saturated heterocycles. The Bertz CT molecular complexity index is 714. The SMILES string of the molecule is COC(=O)[C@H]1N[C@@H](c2ccccc2)[C@H](C(C)=O)[C@H]1c1ccccc1. The molecule has 2 aromatic carbocycles. The van der Waals surface area contributed by atoms with E-state index in [1.807, 2.05) is 60.7 Å². The molecule has 1 N–H and O–H groups in total. The van der Waals surface area contributed by atoms with Crippen LogP contribution in [0.3, 0.4) is 0 Å². The zero-order valence-electron chi connectivity index (χ0n) is 13.8. The molecule has 0 amide bonds. The van der Waals surface area contributed by atoms with Crippen molar-refractivity contribution in [1.29, 1.82) is 0 Å². The van der Waals surface area contributed by atoms with E-state index in [0.29, 0.717) is 0 Å². The number of ether oxygens (including phenoxy) is 1. The van der Waals surface area contributed by atoms with Gasteiger partial charge in [-0.2, -0.15) is 0 Å². The van der Waals surface area contributed by atoms with Crippen LogP contribution in [0.1, 0.15) is 30.0 Å². The third kappa shape index (κ3) is 2.97. The van der Waals surface area contributed by atoms with E-state index >= 15 is 0 Å². The monoisotopic (exact) mass is 323 g/mol. The van der Waals surface area contributed by atoms with E-state index in [1.165, 1.54) is 7.11 Å². The summed E-state index contributed by atoms with van der Waals surface area (Å²) in [5.41, 5.74) is 1.98. The number of carbonyl (C=O) groups is 2. The van der Waals surface area contributed by atoms with Gasteiger partial charge in [-0.1, -0.05) is 60.7 Å². The smallest absolute Gasteiger partial charge is 0.323 e. The van der Waals surface area contributed by atoms with E-state index < -0.39 is 6.04 Å². The van der Waals surface area contributed by atoms with Gasteiger partial charge in [-0.05, 0) is 18.1 Å². The highest BCUT2D eigenvalue weighted by Gasteiger charge is 2.49. The highest BCUT2D eigenvalue weighted by molar-refractivity contribution is 5.85. The number of Topliss-reactive ketones (excluding diaryl/α,β-unsaturated/α-hetero) is 1. The van der Waals surface area contributed by atoms with Gasteiger partial charge in [0.25, 0.3) is 0 Å². The van der Waals surface area contributed by atoms with Crippen LogP contribution in [-0.2, 0) is 14.3 Å². The summed E-state index contributed by atoms with van der Waals surface area (Å²) in [7, 11) is 1.38. The molecule has 3 rings (SSSR count). The third-order valence-corrected chi connectivity index (χ3v) is 4.73. The Balaban J connectivity index is 2.07. The molecule has 124 valence electrons. The van der Waals surface area contributed by atoms with Gasteiger partial charge in [0.1, 0.15) is 11.8 Å². The Morgan fingerprint density at radius 3 is 1.96 bits per heavy atom. The highest BCUT2D eigenvalue weighted by Crippen LogP contribution is 2.44. The first-order valence-corrected chi connectivity index (χ1v) is 8.07. The zero-order chi connectivity index (χ0) is 17.1.